The van der Waals surface area contributed by atoms with Gasteiger partial charge in [0.05, 0.1) is 19.1 Å². The lowest BCUT2D eigenvalue weighted by atomic mass is 10.1. The van der Waals surface area contributed by atoms with Gasteiger partial charge < -0.3 is 14.7 Å². The van der Waals surface area contributed by atoms with E-state index in [9.17, 15) is 4.79 Å². The van der Waals surface area contributed by atoms with E-state index in [0.29, 0.717) is 13.2 Å². The summed E-state index contributed by atoms with van der Waals surface area (Å²) < 4.78 is 5.10. The molecule has 0 aliphatic heterocycles. The molecule has 0 amide bonds. The van der Waals surface area contributed by atoms with Crippen LogP contribution in [0.2, 0.25) is 0 Å². The third kappa shape index (κ3) is 6.08. The number of hydrogen-bond acceptors (Lipinski definition) is 4. The first kappa shape index (κ1) is 15.4. The fourth-order valence-electron chi connectivity index (χ4n) is 1.44. The van der Waals surface area contributed by atoms with Crippen LogP contribution in [0.4, 0.5) is 0 Å². The Morgan fingerprint density at radius 1 is 1.31 bits per heavy atom. The van der Waals surface area contributed by atoms with E-state index in [1.54, 1.807) is 0 Å². The average Bonchev–Trinajstić information content (AvgIpc) is 2.31. The van der Waals surface area contributed by atoms with Gasteiger partial charge >= 0.3 is 5.97 Å². The van der Waals surface area contributed by atoms with Gasteiger partial charge in [0.2, 0.25) is 0 Å². The summed E-state index contributed by atoms with van der Waals surface area (Å²) in [7, 11) is 0. The molecule has 0 heterocycles. The van der Waals surface area contributed by atoms with Crippen molar-refractivity contribution in [3.63, 3.8) is 0 Å². The number of unbranched alkanes of at least 4 members (excludes halogenated alkanes) is 1. The molecule has 0 saturated carbocycles. The Bertz CT molecular complexity index is 181. The minimum absolute atomic E-state index is 0.137. The molecule has 1 atom stereocenters. The summed E-state index contributed by atoms with van der Waals surface area (Å²) in [4.78, 5) is 13.7. The van der Waals surface area contributed by atoms with Crippen molar-refractivity contribution in [1.29, 1.82) is 0 Å². The highest BCUT2D eigenvalue weighted by molar-refractivity contribution is 5.72. The third-order valence-corrected chi connectivity index (χ3v) is 2.67. The number of hydrogen-bond donors (Lipinski definition) is 1. The van der Waals surface area contributed by atoms with E-state index < -0.39 is 5.92 Å². The molecular weight excluding hydrogens is 206 g/mol. The molecular formula is C12H25NO3. The standard InChI is InChI=1S/C12H25NO3/c1-4-7-8-16-12(15)11(10-14)9-13(5-2)6-3/h11,14H,4-10H2,1-3H3. The van der Waals surface area contributed by atoms with Crippen molar-refractivity contribution in [2.45, 2.75) is 33.6 Å². The molecule has 0 aliphatic rings. The van der Waals surface area contributed by atoms with Crippen molar-refractivity contribution < 1.29 is 14.6 Å². The van der Waals surface area contributed by atoms with Crippen molar-refractivity contribution in [2.75, 3.05) is 32.8 Å². The maximum atomic E-state index is 11.6. The van der Waals surface area contributed by atoms with Crippen molar-refractivity contribution in [3.8, 4) is 0 Å². The van der Waals surface area contributed by atoms with Gasteiger partial charge in [0.1, 0.15) is 0 Å². The maximum absolute atomic E-state index is 11.6. The first-order valence-corrected chi connectivity index (χ1v) is 6.19. The molecule has 0 rings (SSSR count). The van der Waals surface area contributed by atoms with Crippen LogP contribution in [-0.4, -0.2) is 48.8 Å². The Balaban J connectivity index is 4.00. The number of carbonyl (C=O) groups excluding carboxylic acids is 1. The number of esters is 1. The van der Waals surface area contributed by atoms with E-state index in [2.05, 4.69) is 4.90 Å². The highest BCUT2D eigenvalue weighted by Crippen LogP contribution is 2.04. The fourth-order valence-corrected chi connectivity index (χ4v) is 1.44. The molecule has 1 N–H and O–H groups in total. The van der Waals surface area contributed by atoms with Crippen LogP contribution in [0.1, 0.15) is 33.6 Å². The van der Waals surface area contributed by atoms with Crippen LogP contribution in [0.3, 0.4) is 0 Å². The van der Waals surface area contributed by atoms with Crippen LogP contribution in [0, 0.1) is 5.92 Å². The van der Waals surface area contributed by atoms with Gasteiger partial charge in [-0.2, -0.15) is 0 Å². The summed E-state index contributed by atoms with van der Waals surface area (Å²) in [5.74, 6) is -0.681. The SMILES string of the molecule is CCCCOC(=O)C(CO)CN(CC)CC. The van der Waals surface area contributed by atoms with Gasteiger partial charge in [-0.15, -0.1) is 0 Å². The topological polar surface area (TPSA) is 49.8 Å². The Morgan fingerprint density at radius 3 is 2.38 bits per heavy atom. The summed E-state index contributed by atoms with van der Waals surface area (Å²) >= 11 is 0. The van der Waals surface area contributed by atoms with Gasteiger partial charge in [0.15, 0.2) is 0 Å². The molecule has 0 fully saturated rings. The zero-order chi connectivity index (χ0) is 12.4. The first-order valence-electron chi connectivity index (χ1n) is 6.19. The van der Waals surface area contributed by atoms with Crippen LogP contribution in [0.15, 0.2) is 0 Å². The minimum Gasteiger partial charge on any atom is -0.465 e. The Morgan fingerprint density at radius 2 is 1.94 bits per heavy atom. The zero-order valence-electron chi connectivity index (χ0n) is 10.7. The summed E-state index contributed by atoms with van der Waals surface area (Å²) in [6.07, 6.45) is 1.89. The number of aliphatic hydroxyl groups is 1. The summed E-state index contributed by atoms with van der Waals surface area (Å²) in [5.41, 5.74) is 0. The molecule has 4 heteroatoms. The molecule has 0 radical (unpaired) electrons. The number of aliphatic hydroxyl groups excluding tert-OH is 1. The smallest absolute Gasteiger partial charge is 0.312 e. The molecule has 0 spiro atoms. The van der Waals surface area contributed by atoms with E-state index in [-0.39, 0.29) is 12.6 Å². The normalized spacial score (nSPS) is 12.8. The Hall–Kier alpha value is -0.610. The van der Waals surface area contributed by atoms with Gasteiger partial charge in [-0.25, -0.2) is 0 Å². The molecule has 0 aromatic heterocycles. The molecule has 0 aliphatic carbocycles. The largest absolute Gasteiger partial charge is 0.465 e. The van der Waals surface area contributed by atoms with Crippen LogP contribution in [0.25, 0.3) is 0 Å². The molecule has 0 saturated heterocycles. The van der Waals surface area contributed by atoms with E-state index in [1.165, 1.54) is 0 Å². The van der Waals surface area contributed by atoms with Gasteiger partial charge in [0.25, 0.3) is 0 Å². The average molecular weight is 231 g/mol. The number of ether oxygens (including phenoxy) is 1. The number of nitrogens with zero attached hydrogens (tertiary/aromatic N) is 1. The van der Waals surface area contributed by atoms with E-state index in [1.807, 2.05) is 20.8 Å². The predicted octanol–water partition coefficient (Wildman–Crippen LogP) is 1.28. The maximum Gasteiger partial charge on any atom is 0.312 e. The lowest BCUT2D eigenvalue weighted by Gasteiger charge is -2.22. The summed E-state index contributed by atoms with van der Waals surface area (Å²) in [5, 5.41) is 9.17. The van der Waals surface area contributed by atoms with Gasteiger partial charge in [-0.1, -0.05) is 27.2 Å². The molecule has 0 bridgehead atoms. The fraction of sp³-hybridized carbons (Fsp3) is 0.917. The first-order chi connectivity index (χ1) is 7.69. The lowest BCUT2D eigenvalue weighted by molar-refractivity contribution is -0.150. The highest BCUT2D eigenvalue weighted by atomic mass is 16.5. The van der Waals surface area contributed by atoms with Crippen LogP contribution < -0.4 is 0 Å². The summed E-state index contributed by atoms with van der Waals surface area (Å²) in [6.45, 7) is 8.80. The third-order valence-electron chi connectivity index (χ3n) is 2.67. The van der Waals surface area contributed by atoms with Crippen LogP contribution in [-0.2, 0) is 9.53 Å². The molecule has 0 aromatic rings. The lowest BCUT2D eigenvalue weighted by Crippen LogP contribution is -2.36. The predicted molar refractivity (Wildman–Crippen MR) is 64.2 cm³/mol. The van der Waals surface area contributed by atoms with Crippen LogP contribution in [0.5, 0.6) is 0 Å². The molecule has 0 aromatic carbocycles. The second kappa shape index (κ2) is 9.60. The summed E-state index contributed by atoms with van der Waals surface area (Å²) in [6, 6.07) is 0. The van der Waals surface area contributed by atoms with E-state index in [0.717, 1.165) is 25.9 Å². The molecule has 4 nitrogen and oxygen atoms in total. The van der Waals surface area contributed by atoms with E-state index in [4.69, 9.17) is 9.84 Å². The van der Waals surface area contributed by atoms with Gasteiger partial charge in [-0.3, -0.25) is 4.79 Å². The second-order valence-electron chi connectivity index (χ2n) is 3.89. The van der Waals surface area contributed by atoms with Crippen molar-refractivity contribution in [2.24, 2.45) is 5.92 Å². The van der Waals surface area contributed by atoms with E-state index >= 15 is 0 Å². The number of rotatable bonds is 9. The highest BCUT2D eigenvalue weighted by Gasteiger charge is 2.21. The van der Waals surface area contributed by atoms with Gasteiger partial charge in [0, 0.05) is 6.54 Å². The second-order valence-corrected chi connectivity index (χ2v) is 3.89. The van der Waals surface area contributed by atoms with Crippen molar-refractivity contribution >= 4 is 5.97 Å². The van der Waals surface area contributed by atoms with Crippen LogP contribution >= 0.6 is 0 Å². The molecule has 16 heavy (non-hydrogen) atoms. The zero-order valence-corrected chi connectivity index (χ0v) is 10.7. The quantitative estimate of drug-likeness (QED) is 0.480. The Labute approximate surface area is 98.6 Å². The van der Waals surface area contributed by atoms with Gasteiger partial charge in [-0.05, 0) is 19.5 Å². The monoisotopic (exact) mass is 231 g/mol. The molecule has 96 valence electrons. The minimum atomic E-state index is -0.406. The molecule has 1 unspecified atom stereocenters. The van der Waals surface area contributed by atoms with Crippen molar-refractivity contribution in [3.05, 3.63) is 0 Å². The van der Waals surface area contributed by atoms with Crippen molar-refractivity contribution in [1.82, 2.24) is 4.90 Å². The Kier molecular flexibility index (Phi) is 9.24. The number of carbonyl (C=O) groups is 1.